The highest BCUT2D eigenvalue weighted by molar-refractivity contribution is 5.71. The summed E-state index contributed by atoms with van der Waals surface area (Å²) in [6.07, 6.45) is 62.0. The molecule has 0 aromatic carbocycles. The van der Waals surface area contributed by atoms with Gasteiger partial charge < -0.3 is 14.2 Å². The maximum absolute atomic E-state index is 12.8. The molecule has 0 aliphatic rings. The minimum atomic E-state index is -0.772. The molecule has 0 amide bonds. The molecule has 0 rings (SSSR count). The van der Waals surface area contributed by atoms with Crippen molar-refractivity contribution >= 4 is 17.9 Å². The fourth-order valence-electron chi connectivity index (χ4n) is 8.42. The van der Waals surface area contributed by atoms with E-state index in [0.29, 0.717) is 19.3 Å². The number of carbonyl (C=O) groups excluding carboxylic acids is 3. The van der Waals surface area contributed by atoms with Crippen molar-refractivity contribution in [3.63, 3.8) is 0 Å². The van der Waals surface area contributed by atoms with Crippen molar-refractivity contribution in [1.82, 2.24) is 0 Å². The van der Waals surface area contributed by atoms with Crippen molar-refractivity contribution in [1.29, 1.82) is 0 Å². The van der Waals surface area contributed by atoms with Crippen LogP contribution in [-0.4, -0.2) is 37.2 Å². The second kappa shape index (κ2) is 53.5. The first-order valence-electron chi connectivity index (χ1n) is 28.3. The molecule has 6 heteroatoms. The van der Waals surface area contributed by atoms with E-state index in [0.717, 1.165) is 77.0 Å². The van der Waals surface area contributed by atoms with Gasteiger partial charge in [0.25, 0.3) is 0 Å². The number of hydrogen-bond acceptors (Lipinski definition) is 6. The fraction of sp³-hybridized carbons (Fsp3) is 0.879. The molecule has 6 nitrogen and oxygen atoms in total. The van der Waals surface area contributed by atoms with Gasteiger partial charge in [-0.15, -0.1) is 0 Å². The Kier molecular flexibility index (Phi) is 51.7. The number of ether oxygens (including phenoxy) is 3. The quantitative estimate of drug-likeness (QED) is 0.0262. The summed E-state index contributed by atoms with van der Waals surface area (Å²) < 4.78 is 16.8. The average molecular weight is 901 g/mol. The van der Waals surface area contributed by atoms with Gasteiger partial charge in [0.2, 0.25) is 0 Å². The Balaban J connectivity index is 4.11. The van der Waals surface area contributed by atoms with E-state index in [1.165, 1.54) is 193 Å². The lowest BCUT2D eigenvalue weighted by molar-refractivity contribution is -0.167. The predicted octanol–water partition coefficient (Wildman–Crippen LogP) is 18.7. The van der Waals surface area contributed by atoms with E-state index in [1.807, 2.05) is 0 Å². The number of esters is 3. The van der Waals surface area contributed by atoms with E-state index in [1.54, 1.807) is 0 Å². The van der Waals surface area contributed by atoms with Crippen molar-refractivity contribution in [3.05, 3.63) is 24.3 Å². The Morgan fingerprint density at radius 1 is 0.312 bits per heavy atom. The molecule has 0 spiro atoms. The average Bonchev–Trinajstić information content (AvgIpc) is 3.29. The van der Waals surface area contributed by atoms with Gasteiger partial charge in [0, 0.05) is 19.3 Å². The highest BCUT2D eigenvalue weighted by Gasteiger charge is 2.19. The topological polar surface area (TPSA) is 78.9 Å². The maximum Gasteiger partial charge on any atom is 0.306 e. The molecule has 0 radical (unpaired) electrons. The van der Waals surface area contributed by atoms with E-state index in [9.17, 15) is 14.4 Å². The molecular weight excluding hydrogens is 793 g/mol. The summed E-state index contributed by atoms with van der Waals surface area (Å²) in [7, 11) is 0. The van der Waals surface area contributed by atoms with E-state index in [-0.39, 0.29) is 31.1 Å². The van der Waals surface area contributed by atoms with Gasteiger partial charge in [-0.2, -0.15) is 0 Å². The number of unbranched alkanes of at least 4 members (excludes halogenated alkanes) is 37. The molecule has 0 saturated heterocycles. The van der Waals surface area contributed by atoms with Gasteiger partial charge in [0.1, 0.15) is 13.2 Å². The van der Waals surface area contributed by atoms with Gasteiger partial charge in [-0.25, -0.2) is 0 Å². The molecule has 0 aliphatic heterocycles. The van der Waals surface area contributed by atoms with Gasteiger partial charge in [0.15, 0.2) is 6.10 Å². The van der Waals surface area contributed by atoms with Gasteiger partial charge in [-0.1, -0.05) is 263 Å². The van der Waals surface area contributed by atoms with Crippen LogP contribution in [-0.2, 0) is 28.6 Å². The molecule has 1 unspecified atom stereocenters. The van der Waals surface area contributed by atoms with Crippen molar-refractivity contribution in [2.75, 3.05) is 13.2 Å². The molecular formula is C58H108O6. The molecule has 0 heterocycles. The van der Waals surface area contributed by atoms with Crippen molar-refractivity contribution in [2.45, 2.75) is 316 Å². The lowest BCUT2D eigenvalue weighted by atomic mass is 10.0. The van der Waals surface area contributed by atoms with Crippen LogP contribution < -0.4 is 0 Å². The van der Waals surface area contributed by atoms with Crippen LogP contribution in [0.15, 0.2) is 24.3 Å². The zero-order valence-corrected chi connectivity index (χ0v) is 43.1. The molecule has 64 heavy (non-hydrogen) atoms. The maximum atomic E-state index is 12.8. The molecule has 0 aromatic rings. The molecule has 0 bridgehead atoms. The zero-order valence-electron chi connectivity index (χ0n) is 43.1. The number of hydrogen-bond donors (Lipinski definition) is 0. The Morgan fingerprint density at radius 3 is 0.891 bits per heavy atom. The lowest BCUT2D eigenvalue weighted by Crippen LogP contribution is -2.30. The standard InChI is InChI=1S/C58H108O6/c1-4-7-10-13-16-18-20-22-24-25-26-27-28-29-30-31-32-34-35-37-39-42-45-48-51-57(60)63-54-55(53-62-56(59)50-47-44-41-15-12-9-6-3)64-58(61)52-49-46-43-40-38-36-33-23-21-19-17-14-11-8-5-2/h17,19,23,33,55H,4-16,18,20-22,24-32,34-54H2,1-3H3/b19-17-,33-23-. The summed E-state index contributed by atoms with van der Waals surface area (Å²) in [6, 6.07) is 0. The van der Waals surface area contributed by atoms with E-state index in [4.69, 9.17) is 14.2 Å². The predicted molar refractivity (Wildman–Crippen MR) is 275 cm³/mol. The Bertz CT molecular complexity index is 1040. The lowest BCUT2D eigenvalue weighted by Gasteiger charge is -2.18. The fourth-order valence-corrected chi connectivity index (χ4v) is 8.42. The third-order valence-electron chi connectivity index (χ3n) is 12.7. The highest BCUT2D eigenvalue weighted by Crippen LogP contribution is 2.17. The Labute approximate surface area is 398 Å². The van der Waals surface area contributed by atoms with Crippen LogP contribution in [0.2, 0.25) is 0 Å². The van der Waals surface area contributed by atoms with Crippen LogP contribution in [0.4, 0.5) is 0 Å². The Morgan fingerprint density at radius 2 is 0.562 bits per heavy atom. The van der Waals surface area contributed by atoms with Gasteiger partial charge in [0.05, 0.1) is 0 Å². The molecule has 0 aliphatic carbocycles. The number of carbonyl (C=O) groups is 3. The monoisotopic (exact) mass is 901 g/mol. The minimum absolute atomic E-state index is 0.0726. The molecule has 0 saturated carbocycles. The smallest absolute Gasteiger partial charge is 0.306 e. The molecule has 1 atom stereocenters. The van der Waals surface area contributed by atoms with Gasteiger partial charge in [-0.3, -0.25) is 14.4 Å². The van der Waals surface area contributed by atoms with Gasteiger partial charge in [-0.05, 0) is 51.4 Å². The third kappa shape index (κ3) is 50.9. The summed E-state index contributed by atoms with van der Waals surface area (Å²) in [6.45, 7) is 6.60. The van der Waals surface area contributed by atoms with Crippen LogP contribution >= 0.6 is 0 Å². The van der Waals surface area contributed by atoms with Crippen molar-refractivity contribution in [2.24, 2.45) is 0 Å². The molecule has 0 fully saturated rings. The minimum Gasteiger partial charge on any atom is -0.462 e. The SMILES string of the molecule is CCCCC/C=C\C/C=C\CCCCCCCC(=O)OC(COC(=O)CCCCCCCCC)COC(=O)CCCCCCCCCCCCCCCCCCCCCCCCCC. The van der Waals surface area contributed by atoms with Crippen LogP contribution in [0.5, 0.6) is 0 Å². The van der Waals surface area contributed by atoms with Crippen LogP contribution in [0, 0.1) is 0 Å². The first-order chi connectivity index (χ1) is 31.5. The summed E-state index contributed by atoms with van der Waals surface area (Å²) in [5.41, 5.74) is 0. The number of rotatable bonds is 52. The summed E-state index contributed by atoms with van der Waals surface area (Å²) in [5, 5.41) is 0. The van der Waals surface area contributed by atoms with Crippen molar-refractivity contribution < 1.29 is 28.6 Å². The summed E-state index contributed by atoms with van der Waals surface area (Å²) in [5.74, 6) is -0.877. The first-order valence-corrected chi connectivity index (χ1v) is 28.3. The zero-order chi connectivity index (χ0) is 46.5. The highest BCUT2D eigenvalue weighted by atomic mass is 16.6. The van der Waals surface area contributed by atoms with Crippen LogP contribution in [0.3, 0.4) is 0 Å². The van der Waals surface area contributed by atoms with E-state index >= 15 is 0 Å². The molecule has 0 N–H and O–H groups in total. The number of allylic oxidation sites excluding steroid dienone is 4. The Hall–Kier alpha value is -2.11. The van der Waals surface area contributed by atoms with Crippen LogP contribution in [0.25, 0.3) is 0 Å². The largest absolute Gasteiger partial charge is 0.462 e. The third-order valence-corrected chi connectivity index (χ3v) is 12.7. The van der Waals surface area contributed by atoms with Crippen LogP contribution in [0.1, 0.15) is 310 Å². The van der Waals surface area contributed by atoms with E-state index in [2.05, 4.69) is 45.1 Å². The van der Waals surface area contributed by atoms with Gasteiger partial charge >= 0.3 is 17.9 Å². The molecule has 376 valence electrons. The molecule has 0 aromatic heterocycles. The normalized spacial score (nSPS) is 12.1. The second-order valence-electron chi connectivity index (χ2n) is 19.2. The first kappa shape index (κ1) is 61.9. The second-order valence-corrected chi connectivity index (χ2v) is 19.2. The summed E-state index contributed by atoms with van der Waals surface area (Å²) in [4.78, 5) is 37.9. The van der Waals surface area contributed by atoms with E-state index < -0.39 is 6.10 Å². The summed E-state index contributed by atoms with van der Waals surface area (Å²) >= 11 is 0. The van der Waals surface area contributed by atoms with Crippen molar-refractivity contribution in [3.8, 4) is 0 Å².